The molecule has 10 heteroatoms. The van der Waals surface area contributed by atoms with E-state index in [1.807, 2.05) is 24.3 Å². The molecular formula is C54H54F2O8. The van der Waals surface area contributed by atoms with Crippen LogP contribution in [0.5, 0.6) is 23.0 Å². The molecule has 64 heavy (non-hydrogen) atoms. The van der Waals surface area contributed by atoms with Gasteiger partial charge in [0.1, 0.15) is 11.5 Å². The van der Waals surface area contributed by atoms with Crippen LogP contribution in [0.15, 0.2) is 121 Å². The number of ether oxygens (including phenoxy) is 4. The van der Waals surface area contributed by atoms with E-state index in [0.717, 1.165) is 67.2 Å². The normalized spacial score (nSPS) is 11.0. The molecule has 0 saturated carbocycles. The van der Waals surface area contributed by atoms with Crippen LogP contribution in [0.1, 0.15) is 143 Å². The van der Waals surface area contributed by atoms with Gasteiger partial charge in [0.25, 0.3) is 0 Å². The first kappa shape index (κ1) is 46.8. The van der Waals surface area contributed by atoms with Gasteiger partial charge in [0.2, 0.25) is 0 Å². The number of fused-ring (bicyclic) bond motifs is 1. The summed E-state index contributed by atoms with van der Waals surface area (Å²) < 4.78 is 51.8. The molecule has 332 valence electrons. The van der Waals surface area contributed by atoms with Crippen molar-refractivity contribution in [2.75, 3.05) is 0 Å². The molecule has 0 bridgehead atoms. The number of carbonyl (C=O) groups excluding carboxylic acids is 4. The summed E-state index contributed by atoms with van der Waals surface area (Å²) in [6.07, 6.45) is 16.2. The molecule has 6 aromatic rings. The Kier molecular flexibility index (Phi) is 17.3. The highest BCUT2D eigenvalue weighted by atomic mass is 19.1. The van der Waals surface area contributed by atoms with Crippen molar-refractivity contribution in [3.05, 3.63) is 166 Å². The highest BCUT2D eigenvalue weighted by Gasteiger charge is 2.19. The Hall–Kier alpha value is -6.68. The predicted molar refractivity (Wildman–Crippen MR) is 244 cm³/mol. The van der Waals surface area contributed by atoms with Crippen molar-refractivity contribution >= 4 is 34.6 Å². The molecule has 0 unspecified atom stereocenters. The first-order chi connectivity index (χ1) is 31.1. The minimum absolute atomic E-state index is 0.111. The van der Waals surface area contributed by atoms with Crippen LogP contribution in [0.3, 0.4) is 0 Å². The Labute approximate surface area is 373 Å². The highest BCUT2D eigenvalue weighted by Crippen LogP contribution is 2.28. The van der Waals surface area contributed by atoms with E-state index in [1.165, 1.54) is 75.6 Å². The molecule has 0 N–H and O–H groups in total. The van der Waals surface area contributed by atoms with Gasteiger partial charge in [0.05, 0.1) is 22.3 Å². The quantitative estimate of drug-likeness (QED) is 0.0377. The summed E-state index contributed by atoms with van der Waals surface area (Å²) in [5, 5.41) is 1.28. The standard InChI is InChI=1S/C54H54F2O8/c1-3-5-7-9-11-13-15-37-17-21-40(22-18-37)51(57)63-49-31-27-42(35-47(49)55)53(59)61-45-29-25-39-26-30-46(34-44(39)33-45)62-54(60)43-28-32-50(48(56)36-43)64-52(58)41-23-19-38(20-24-41)16-14-12-10-8-6-4-2/h17-36H,3-16H2,1-2H3. The van der Waals surface area contributed by atoms with E-state index < -0.39 is 35.5 Å². The first-order valence-corrected chi connectivity index (χ1v) is 22.3. The van der Waals surface area contributed by atoms with Crippen LogP contribution in [0, 0.1) is 11.6 Å². The summed E-state index contributed by atoms with van der Waals surface area (Å²) in [5.41, 5.74) is 2.57. The molecule has 0 fully saturated rings. The Bertz CT molecular complexity index is 2360. The van der Waals surface area contributed by atoms with Crippen molar-refractivity contribution in [3.8, 4) is 23.0 Å². The van der Waals surface area contributed by atoms with Crippen molar-refractivity contribution in [1.29, 1.82) is 0 Å². The second-order valence-corrected chi connectivity index (χ2v) is 15.9. The Morgan fingerprint density at radius 3 is 1.12 bits per heavy atom. The van der Waals surface area contributed by atoms with E-state index in [2.05, 4.69) is 13.8 Å². The van der Waals surface area contributed by atoms with E-state index in [0.29, 0.717) is 5.39 Å². The molecular weight excluding hydrogens is 815 g/mol. The lowest BCUT2D eigenvalue weighted by atomic mass is 10.0. The molecule has 0 amide bonds. The maximum absolute atomic E-state index is 15.1. The number of unbranched alkanes of at least 4 members (excludes halogenated alkanes) is 10. The molecule has 0 aliphatic rings. The number of rotatable bonds is 22. The van der Waals surface area contributed by atoms with E-state index in [9.17, 15) is 19.2 Å². The average molecular weight is 869 g/mol. The van der Waals surface area contributed by atoms with Gasteiger partial charge in [-0.15, -0.1) is 0 Å². The van der Waals surface area contributed by atoms with Crippen molar-refractivity contribution in [1.82, 2.24) is 0 Å². The second kappa shape index (κ2) is 23.7. The van der Waals surface area contributed by atoms with Crippen LogP contribution in [0.2, 0.25) is 0 Å². The third kappa shape index (κ3) is 13.7. The lowest BCUT2D eigenvalue weighted by Crippen LogP contribution is -2.12. The van der Waals surface area contributed by atoms with Crippen molar-refractivity contribution < 1.29 is 46.9 Å². The molecule has 0 radical (unpaired) electrons. The SMILES string of the molecule is CCCCCCCCc1ccc(C(=O)Oc2ccc(C(=O)Oc3ccc4ccc(OC(=O)c5ccc(OC(=O)c6ccc(CCCCCCCC)cc6)c(F)c5)cc4c3)cc2F)cc1. The largest absolute Gasteiger partial charge is 0.423 e. The lowest BCUT2D eigenvalue weighted by Gasteiger charge is -2.10. The summed E-state index contributed by atoms with van der Waals surface area (Å²) in [5.74, 6) is -5.38. The molecule has 8 nitrogen and oxygen atoms in total. The number of esters is 4. The Morgan fingerprint density at radius 2 is 0.734 bits per heavy atom. The smallest absolute Gasteiger partial charge is 0.343 e. The van der Waals surface area contributed by atoms with Crippen molar-refractivity contribution in [2.45, 2.75) is 104 Å². The summed E-state index contributed by atoms with van der Waals surface area (Å²) in [7, 11) is 0. The van der Waals surface area contributed by atoms with Crippen molar-refractivity contribution in [2.24, 2.45) is 0 Å². The second-order valence-electron chi connectivity index (χ2n) is 15.9. The van der Waals surface area contributed by atoms with E-state index in [1.54, 1.807) is 60.7 Å². The minimum Gasteiger partial charge on any atom is -0.423 e. The fourth-order valence-electron chi connectivity index (χ4n) is 7.23. The van der Waals surface area contributed by atoms with Gasteiger partial charge in [-0.05, 0) is 133 Å². The zero-order valence-corrected chi connectivity index (χ0v) is 36.5. The Balaban J connectivity index is 0.994. The summed E-state index contributed by atoms with van der Waals surface area (Å²) >= 11 is 0. The maximum atomic E-state index is 15.1. The molecule has 0 aliphatic carbocycles. The van der Waals surface area contributed by atoms with Gasteiger partial charge >= 0.3 is 23.9 Å². The fourth-order valence-corrected chi connectivity index (χ4v) is 7.23. The first-order valence-electron chi connectivity index (χ1n) is 22.3. The van der Waals surface area contributed by atoms with E-state index >= 15 is 8.78 Å². The number of aryl methyl sites for hydroxylation is 2. The molecule has 6 rings (SSSR count). The predicted octanol–water partition coefficient (Wildman–Crippen LogP) is 13.8. The number of benzene rings is 6. The number of hydrogen-bond donors (Lipinski definition) is 0. The molecule has 0 heterocycles. The van der Waals surface area contributed by atoms with Gasteiger partial charge in [-0.3, -0.25) is 0 Å². The Morgan fingerprint density at radius 1 is 0.375 bits per heavy atom. The van der Waals surface area contributed by atoms with Crippen LogP contribution in [0.4, 0.5) is 8.78 Å². The molecule has 0 atom stereocenters. The van der Waals surface area contributed by atoms with Crippen molar-refractivity contribution in [3.63, 3.8) is 0 Å². The van der Waals surface area contributed by atoms with Gasteiger partial charge in [0.15, 0.2) is 23.1 Å². The molecule has 6 aromatic carbocycles. The molecule has 0 spiro atoms. The maximum Gasteiger partial charge on any atom is 0.343 e. The van der Waals surface area contributed by atoms with Gasteiger partial charge in [-0.25, -0.2) is 28.0 Å². The summed E-state index contributed by atoms with van der Waals surface area (Å²) in [4.78, 5) is 51.6. The number of carbonyl (C=O) groups is 4. The van der Waals surface area contributed by atoms with Crippen LogP contribution in [-0.4, -0.2) is 23.9 Å². The molecule has 0 aliphatic heterocycles. The molecule has 0 saturated heterocycles. The minimum atomic E-state index is -0.914. The van der Waals surface area contributed by atoms with Crippen LogP contribution in [0.25, 0.3) is 10.8 Å². The third-order valence-electron chi connectivity index (χ3n) is 11.0. The summed E-state index contributed by atoms with van der Waals surface area (Å²) in [6.45, 7) is 4.39. The summed E-state index contributed by atoms with van der Waals surface area (Å²) in [6, 6.07) is 30.6. The van der Waals surface area contributed by atoms with Crippen LogP contribution >= 0.6 is 0 Å². The van der Waals surface area contributed by atoms with E-state index in [4.69, 9.17) is 18.9 Å². The fraction of sp³-hybridized carbons (Fsp3) is 0.296. The van der Waals surface area contributed by atoms with Gasteiger partial charge in [-0.1, -0.05) is 114 Å². The molecule has 0 aromatic heterocycles. The topological polar surface area (TPSA) is 105 Å². The zero-order valence-electron chi connectivity index (χ0n) is 36.5. The number of hydrogen-bond acceptors (Lipinski definition) is 8. The van der Waals surface area contributed by atoms with Gasteiger partial charge in [-0.2, -0.15) is 0 Å². The highest BCUT2D eigenvalue weighted by molar-refractivity contribution is 5.95. The van der Waals surface area contributed by atoms with E-state index in [-0.39, 0.29) is 45.3 Å². The lowest BCUT2D eigenvalue weighted by molar-refractivity contribution is 0.0714. The third-order valence-corrected chi connectivity index (χ3v) is 11.0. The average Bonchev–Trinajstić information content (AvgIpc) is 3.30. The van der Waals surface area contributed by atoms with Gasteiger partial charge in [0, 0.05) is 0 Å². The van der Waals surface area contributed by atoms with Crippen LogP contribution < -0.4 is 18.9 Å². The van der Waals surface area contributed by atoms with Crippen LogP contribution in [-0.2, 0) is 12.8 Å². The van der Waals surface area contributed by atoms with Gasteiger partial charge < -0.3 is 18.9 Å². The zero-order chi connectivity index (χ0) is 45.3. The monoisotopic (exact) mass is 868 g/mol. The number of halogens is 2.